The Hall–Kier alpha value is -4.36. The molecule has 4 aromatic carbocycles. The lowest BCUT2D eigenvalue weighted by Crippen LogP contribution is -2.41. The van der Waals surface area contributed by atoms with Crippen LogP contribution >= 0.6 is 0 Å². The van der Waals surface area contributed by atoms with E-state index in [0.29, 0.717) is 23.7 Å². The third kappa shape index (κ3) is 2.93. The van der Waals surface area contributed by atoms with Crippen molar-refractivity contribution in [3.8, 4) is 11.1 Å². The van der Waals surface area contributed by atoms with Gasteiger partial charge in [0.1, 0.15) is 0 Å². The number of allylic oxidation sites excluding steroid dienone is 8. The molecule has 1 nitrogen and oxygen atoms in total. The molecular formula is C37H29N. The van der Waals surface area contributed by atoms with Crippen LogP contribution in [0.4, 0.5) is 5.69 Å². The highest BCUT2D eigenvalue weighted by atomic mass is 14.9. The summed E-state index contributed by atoms with van der Waals surface area (Å²) in [5.74, 6) is 1.43. The van der Waals surface area contributed by atoms with Gasteiger partial charge in [-0.15, -0.1) is 0 Å². The molecule has 4 aliphatic carbocycles. The molecule has 1 N–H and O–H groups in total. The van der Waals surface area contributed by atoms with Crippen LogP contribution < -0.4 is 5.32 Å². The minimum absolute atomic E-state index is 0.114. The fraction of sp³-hybridized carbons (Fsp3) is 0.135. The molecule has 1 heteroatoms. The molecule has 182 valence electrons. The third-order valence-electron chi connectivity index (χ3n) is 9.25. The first-order valence-corrected chi connectivity index (χ1v) is 13.7. The Morgan fingerprint density at radius 3 is 1.89 bits per heavy atom. The van der Waals surface area contributed by atoms with Gasteiger partial charge in [0.25, 0.3) is 0 Å². The monoisotopic (exact) mass is 487 g/mol. The van der Waals surface area contributed by atoms with E-state index in [2.05, 4.69) is 151 Å². The topological polar surface area (TPSA) is 12.0 Å². The highest BCUT2D eigenvalue weighted by molar-refractivity contribution is 5.69. The summed E-state index contributed by atoms with van der Waals surface area (Å²) in [7, 11) is 0. The summed E-state index contributed by atoms with van der Waals surface area (Å²) in [6.07, 6.45) is 16.4. The lowest BCUT2D eigenvalue weighted by Gasteiger charge is -2.43. The zero-order chi connectivity index (χ0) is 25.1. The van der Waals surface area contributed by atoms with Crippen molar-refractivity contribution < 1.29 is 0 Å². The summed E-state index contributed by atoms with van der Waals surface area (Å²) in [4.78, 5) is 0. The minimum atomic E-state index is -0.114. The van der Waals surface area contributed by atoms with E-state index in [0.717, 1.165) is 5.69 Å². The second kappa shape index (κ2) is 8.33. The Bertz CT molecular complexity index is 1640. The first kappa shape index (κ1) is 21.7. The first-order valence-electron chi connectivity index (χ1n) is 13.7. The van der Waals surface area contributed by atoms with Gasteiger partial charge in [-0.3, -0.25) is 0 Å². The standard InChI is InChI=1S/C37H29N/c1-2-11-25(12-3-1)26-21-23-27(24-22-26)38-35-20-10-16-31-30-15-6-9-19-34(30)37(36(31)35)32-17-7-4-13-28(32)29-14-5-8-18-33(29)37/h1-24,28,31-32,36,38H. The Morgan fingerprint density at radius 1 is 0.526 bits per heavy atom. The molecule has 8 rings (SSSR count). The number of hydrogen-bond acceptors (Lipinski definition) is 1. The molecule has 0 fully saturated rings. The van der Waals surface area contributed by atoms with Crippen LogP contribution in [0.3, 0.4) is 0 Å². The molecule has 0 radical (unpaired) electrons. The molecule has 0 aromatic heterocycles. The van der Waals surface area contributed by atoms with E-state index in [4.69, 9.17) is 0 Å². The summed E-state index contributed by atoms with van der Waals surface area (Å²) in [6.45, 7) is 0. The van der Waals surface area contributed by atoms with Crippen molar-refractivity contribution >= 4 is 5.69 Å². The SMILES string of the molecule is C1=CC2c3ccccc3C3(c4ccccc4C4C=CC=C(Nc5ccc(-c6ccccc6)cc5)C43)C2C=C1. The smallest absolute Gasteiger partial charge is 0.0382 e. The third-order valence-corrected chi connectivity index (χ3v) is 9.25. The fourth-order valence-electron chi connectivity index (χ4n) is 7.88. The molecular weight excluding hydrogens is 458 g/mol. The fourth-order valence-corrected chi connectivity index (χ4v) is 7.88. The summed E-state index contributed by atoms with van der Waals surface area (Å²) in [5, 5.41) is 3.91. The van der Waals surface area contributed by atoms with Crippen LogP contribution in [0.2, 0.25) is 0 Å². The van der Waals surface area contributed by atoms with Crippen molar-refractivity contribution in [1.29, 1.82) is 0 Å². The molecule has 0 amide bonds. The van der Waals surface area contributed by atoms with E-state index in [1.807, 2.05) is 0 Å². The molecule has 38 heavy (non-hydrogen) atoms. The van der Waals surface area contributed by atoms with Gasteiger partial charge < -0.3 is 5.32 Å². The second-order valence-corrected chi connectivity index (χ2v) is 10.9. The highest BCUT2D eigenvalue weighted by Gasteiger charge is 2.62. The lowest BCUT2D eigenvalue weighted by atomic mass is 9.60. The van der Waals surface area contributed by atoms with Crippen molar-refractivity contribution in [2.24, 2.45) is 11.8 Å². The molecule has 0 aliphatic heterocycles. The quantitative estimate of drug-likeness (QED) is 0.305. The zero-order valence-corrected chi connectivity index (χ0v) is 21.2. The van der Waals surface area contributed by atoms with E-state index in [-0.39, 0.29) is 5.41 Å². The van der Waals surface area contributed by atoms with Crippen LogP contribution in [-0.4, -0.2) is 0 Å². The van der Waals surface area contributed by atoms with E-state index < -0.39 is 0 Å². The maximum absolute atomic E-state index is 3.91. The minimum Gasteiger partial charge on any atom is -0.359 e. The van der Waals surface area contributed by atoms with Gasteiger partial charge >= 0.3 is 0 Å². The molecule has 5 unspecified atom stereocenters. The van der Waals surface area contributed by atoms with Crippen LogP contribution in [-0.2, 0) is 5.41 Å². The second-order valence-electron chi connectivity index (χ2n) is 10.9. The summed E-state index contributed by atoms with van der Waals surface area (Å²) in [5.41, 5.74) is 10.8. The van der Waals surface area contributed by atoms with Crippen LogP contribution in [0, 0.1) is 11.8 Å². The van der Waals surface area contributed by atoms with E-state index in [1.165, 1.54) is 39.1 Å². The molecule has 0 saturated carbocycles. The average molecular weight is 488 g/mol. The maximum atomic E-state index is 3.91. The molecule has 1 spiro atoms. The Labute approximate surface area is 224 Å². The summed E-state index contributed by atoms with van der Waals surface area (Å²) in [6, 6.07) is 37.9. The summed E-state index contributed by atoms with van der Waals surface area (Å²) < 4.78 is 0. The van der Waals surface area contributed by atoms with Gasteiger partial charge in [0, 0.05) is 40.5 Å². The average Bonchev–Trinajstić information content (AvgIpc) is 3.46. The Kier molecular flexibility index (Phi) is 4.76. The number of benzene rings is 4. The summed E-state index contributed by atoms with van der Waals surface area (Å²) >= 11 is 0. The molecule has 5 atom stereocenters. The number of fused-ring (bicyclic) bond motifs is 10. The first-order chi connectivity index (χ1) is 18.9. The number of nitrogens with one attached hydrogen (secondary N) is 1. The van der Waals surface area contributed by atoms with Crippen molar-refractivity contribution in [1.82, 2.24) is 0 Å². The molecule has 0 bridgehead atoms. The highest BCUT2D eigenvalue weighted by Crippen LogP contribution is 2.68. The number of rotatable bonds is 3. The van der Waals surface area contributed by atoms with Crippen LogP contribution in [0.5, 0.6) is 0 Å². The molecule has 4 aliphatic rings. The lowest BCUT2D eigenvalue weighted by molar-refractivity contribution is 0.300. The predicted molar refractivity (Wildman–Crippen MR) is 157 cm³/mol. The largest absolute Gasteiger partial charge is 0.359 e. The molecule has 0 heterocycles. The maximum Gasteiger partial charge on any atom is 0.0382 e. The van der Waals surface area contributed by atoms with Crippen LogP contribution in [0.15, 0.2) is 151 Å². The van der Waals surface area contributed by atoms with E-state index in [9.17, 15) is 0 Å². The van der Waals surface area contributed by atoms with Crippen LogP contribution in [0.25, 0.3) is 11.1 Å². The van der Waals surface area contributed by atoms with Gasteiger partial charge in [-0.05, 0) is 51.6 Å². The number of hydrogen-bond donors (Lipinski definition) is 1. The van der Waals surface area contributed by atoms with Crippen molar-refractivity contribution in [3.05, 3.63) is 174 Å². The zero-order valence-electron chi connectivity index (χ0n) is 21.2. The Balaban J connectivity index is 1.26. The molecule has 0 saturated heterocycles. The van der Waals surface area contributed by atoms with Crippen molar-refractivity contribution in [3.63, 3.8) is 0 Å². The van der Waals surface area contributed by atoms with Crippen molar-refractivity contribution in [2.75, 3.05) is 5.32 Å². The van der Waals surface area contributed by atoms with Gasteiger partial charge in [0.05, 0.1) is 0 Å². The van der Waals surface area contributed by atoms with Gasteiger partial charge in [-0.25, -0.2) is 0 Å². The normalized spacial score (nSPS) is 27.4. The molecule has 4 aromatic rings. The van der Waals surface area contributed by atoms with Crippen LogP contribution in [0.1, 0.15) is 34.1 Å². The number of anilines is 1. The predicted octanol–water partition coefficient (Wildman–Crippen LogP) is 8.76. The Morgan fingerprint density at radius 2 is 1.13 bits per heavy atom. The van der Waals surface area contributed by atoms with E-state index >= 15 is 0 Å². The van der Waals surface area contributed by atoms with Gasteiger partial charge in [0.2, 0.25) is 0 Å². The van der Waals surface area contributed by atoms with Gasteiger partial charge in [-0.1, -0.05) is 127 Å². The van der Waals surface area contributed by atoms with E-state index in [1.54, 1.807) is 0 Å². The van der Waals surface area contributed by atoms with Gasteiger partial charge in [0.15, 0.2) is 0 Å². The van der Waals surface area contributed by atoms with Crippen molar-refractivity contribution in [2.45, 2.75) is 17.3 Å². The van der Waals surface area contributed by atoms with Gasteiger partial charge in [-0.2, -0.15) is 0 Å².